The van der Waals surface area contributed by atoms with Gasteiger partial charge in [0.2, 0.25) is 0 Å². The molecule has 0 fully saturated rings. The summed E-state index contributed by atoms with van der Waals surface area (Å²) in [5, 5.41) is 10.5. The predicted molar refractivity (Wildman–Crippen MR) is 48.0 cm³/mol. The average Bonchev–Trinajstić information content (AvgIpc) is 2.08. The molecule has 0 spiro atoms. The summed E-state index contributed by atoms with van der Waals surface area (Å²) in [7, 11) is 0. The van der Waals surface area contributed by atoms with E-state index in [9.17, 15) is 14.9 Å². The number of nitro groups is 1. The molecule has 0 N–H and O–H groups in total. The van der Waals surface area contributed by atoms with Crippen LogP contribution in [0.3, 0.4) is 0 Å². The van der Waals surface area contributed by atoms with Gasteiger partial charge in [-0.25, -0.2) is 0 Å². The van der Waals surface area contributed by atoms with Crippen molar-refractivity contribution in [1.29, 1.82) is 0 Å². The number of aryl methyl sites for hydroxylation is 2. The second kappa shape index (κ2) is 3.35. The average molecular weight is 179 g/mol. The van der Waals surface area contributed by atoms with Crippen LogP contribution in [0, 0.1) is 24.0 Å². The first-order valence-electron chi connectivity index (χ1n) is 3.77. The maximum atomic E-state index is 10.5. The van der Waals surface area contributed by atoms with E-state index in [-0.39, 0.29) is 11.3 Å². The number of hydrogen-bond donors (Lipinski definition) is 0. The highest BCUT2D eigenvalue weighted by Gasteiger charge is 2.13. The molecule has 0 heterocycles. The normalized spacial score (nSPS) is 9.69. The Balaban J connectivity index is 3.41. The first kappa shape index (κ1) is 9.38. The number of nitro benzene ring substituents is 1. The Kier molecular flexibility index (Phi) is 2.41. The Labute approximate surface area is 75.3 Å². The third-order valence-electron chi connectivity index (χ3n) is 1.97. The van der Waals surface area contributed by atoms with E-state index >= 15 is 0 Å². The second-order valence-electron chi connectivity index (χ2n) is 2.87. The fourth-order valence-electron chi connectivity index (χ4n) is 1.08. The van der Waals surface area contributed by atoms with E-state index < -0.39 is 4.92 Å². The number of hydrogen-bond acceptors (Lipinski definition) is 3. The van der Waals surface area contributed by atoms with Crippen molar-refractivity contribution in [2.75, 3.05) is 0 Å². The van der Waals surface area contributed by atoms with Crippen molar-refractivity contribution in [3.05, 3.63) is 38.9 Å². The van der Waals surface area contributed by atoms with Crippen LogP contribution in [-0.4, -0.2) is 11.2 Å². The smallest absolute Gasteiger partial charge is 0.280 e. The molecule has 0 amide bonds. The minimum Gasteiger partial charge on any atom is -0.298 e. The number of benzene rings is 1. The van der Waals surface area contributed by atoms with Crippen LogP contribution in [0.25, 0.3) is 0 Å². The van der Waals surface area contributed by atoms with Gasteiger partial charge < -0.3 is 0 Å². The van der Waals surface area contributed by atoms with Crippen molar-refractivity contribution >= 4 is 12.0 Å². The molecule has 13 heavy (non-hydrogen) atoms. The van der Waals surface area contributed by atoms with Crippen LogP contribution < -0.4 is 0 Å². The Bertz CT molecular complexity index is 371. The first-order chi connectivity index (χ1) is 6.06. The van der Waals surface area contributed by atoms with Crippen molar-refractivity contribution in [3.8, 4) is 0 Å². The minimum absolute atomic E-state index is 0.127. The van der Waals surface area contributed by atoms with Crippen LogP contribution in [0.5, 0.6) is 0 Å². The molecule has 0 aliphatic rings. The summed E-state index contributed by atoms with van der Waals surface area (Å²) < 4.78 is 0. The van der Waals surface area contributed by atoms with Crippen LogP contribution >= 0.6 is 0 Å². The quantitative estimate of drug-likeness (QED) is 0.396. The van der Waals surface area contributed by atoms with Gasteiger partial charge in [0.25, 0.3) is 5.69 Å². The summed E-state index contributed by atoms with van der Waals surface area (Å²) >= 11 is 0. The molecule has 4 nitrogen and oxygen atoms in total. The summed E-state index contributed by atoms with van der Waals surface area (Å²) in [4.78, 5) is 20.4. The zero-order chi connectivity index (χ0) is 10.0. The maximum Gasteiger partial charge on any atom is 0.280 e. The van der Waals surface area contributed by atoms with Crippen molar-refractivity contribution in [3.63, 3.8) is 0 Å². The van der Waals surface area contributed by atoms with Gasteiger partial charge in [0.1, 0.15) is 0 Å². The van der Waals surface area contributed by atoms with E-state index in [1.54, 1.807) is 6.92 Å². The number of aldehydes is 1. The van der Waals surface area contributed by atoms with Gasteiger partial charge in [-0.2, -0.15) is 0 Å². The zero-order valence-corrected chi connectivity index (χ0v) is 7.40. The molecule has 1 rings (SSSR count). The Morgan fingerprint density at radius 1 is 1.31 bits per heavy atom. The molecule has 68 valence electrons. The molecule has 0 saturated heterocycles. The zero-order valence-electron chi connectivity index (χ0n) is 7.40. The van der Waals surface area contributed by atoms with Crippen molar-refractivity contribution < 1.29 is 9.72 Å². The van der Waals surface area contributed by atoms with Crippen LogP contribution in [0.1, 0.15) is 21.5 Å². The molecule has 4 heteroatoms. The monoisotopic (exact) mass is 179 g/mol. The third kappa shape index (κ3) is 1.72. The number of rotatable bonds is 2. The summed E-state index contributed by atoms with van der Waals surface area (Å²) in [6.07, 6.45) is 0.505. The number of carbonyl (C=O) groups is 1. The topological polar surface area (TPSA) is 60.2 Å². The Morgan fingerprint density at radius 3 is 2.31 bits per heavy atom. The van der Waals surface area contributed by atoms with Gasteiger partial charge in [0.15, 0.2) is 6.29 Å². The Hall–Kier alpha value is -1.71. The molecule has 0 radical (unpaired) electrons. The lowest BCUT2D eigenvalue weighted by atomic mass is 10.1. The molecule has 0 aliphatic carbocycles. The largest absolute Gasteiger partial charge is 0.298 e. The molecule has 0 aliphatic heterocycles. The molecular formula is C9H9NO3. The van der Waals surface area contributed by atoms with E-state index in [1.807, 2.05) is 6.92 Å². The van der Waals surface area contributed by atoms with Crippen LogP contribution in [0.2, 0.25) is 0 Å². The highest BCUT2D eigenvalue weighted by Crippen LogP contribution is 2.21. The van der Waals surface area contributed by atoms with Crippen LogP contribution in [0.4, 0.5) is 5.69 Å². The SMILES string of the molecule is Cc1cc(C=O)c([N+](=O)[O-])cc1C. The molecule has 0 bridgehead atoms. The van der Waals surface area contributed by atoms with Gasteiger partial charge in [-0.15, -0.1) is 0 Å². The van der Waals surface area contributed by atoms with Gasteiger partial charge in [0.05, 0.1) is 10.5 Å². The molecule has 0 atom stereocenters. The molecule has 0 saturated carbocycles. The Morgan fingerprint density at radius 2 is 1.85 bits per heavy atom. The molecule has 1 aromatic carbocycles. The first-order valence-corrected chi connectivity index (χ1v) is 3.77. The molecule has 0 unspecified atom stereocenters. The van der Waals surface area contributed by atoms with E-state index in [0.717, 1.165) is 11.1 Å². The maximum absolute atomic E-state index is 10.5. The summed E-state index contributed by atoms with van der Waals surface area (Å²) in [5.41, 5.74) is 1.70. The molecule has 1 aromatic rings. The lowest BCUT2D eigenvalue weighted by molar-refractivity contribution is -0.385. The van der Waals surface area contributed by atoms with Gasteiger partial charge in [-0.1, -0.05) is 0 Å². The standard InChI is InChI=1S/C9H9NO3/c1-6-3-8(5-11)9(10(12)13)4-7(6)2/h3-5H,1-2H3. The molecule has 0 aromatic heterocycles. The minimum atomic E-state index is -0.545. The van der Waals surface area contributed by atoms with E-state index in [0.29, 0.717) is 6.29 Å². The van der Waals surface area contributed by atoms with Crippen LogP contribution in [0.15, 0.2) is 12.1 Å². The van der Waals surface area contributed by atoms with Crippen LogP contribution in [-0.2, 0) is 0 Å². The summed E-state index contributed by atoms with van der Waals surface area (Å²) in [6, 6.07) is 2.94. The van der Waals surface area contributed by atoms with Gasteiger partial charge in [-0.05, 0) is 31.0 Å². The van der Waals surface area contributed by atoms with Crippen molar-refractivity contribution in [1.82, 2.24) is 0 Å². The second-order valence-corrected chi connectivity index (χ2v) is 2.87. The van der Waals surface area contributed by atoms with Crippen molar-refractivity contribution in [2.45, 2.75) is 13.8 Å². The summed E-state index contributed by atoms with van der Waals surface area (Å²) in [5.74, 6) is 0. The lowest BCUT2D eigenvalue weighted by Gasteiger charge is -2.01. The van der Waals surface area contributed by atoms with Gasteiger partial charge in [-0.3, -0.25) is 14.9 Å². The summed E-state index contributed by atoms with van der Waals surface area (Å²) in [6.45, 7) is 3.59. The lowest BCUT2D eigenvalue weighted by Crippen LogP contribution is -1.96. The van der Waals surface area contributed by atoms with E-state index in [4.69, 9.17) is 0 Å². The molecular weight excluding hydrogens is 170 g/mol. The van der Waals surface area contributed by atoms with Crippen molar-refractivity contribution in [2.24, 2.45) is 0 Å². The number of nitrogens with zero attached hydrogens (tertiary/aromatic N) is 1. The highest BCUT2D eigenvalue weighted by atomic mass is 16.6. The van der Waals surface area contributed by atoms with E-state index in [1.165, 1.54) is 12.1 Å². The third-order valence-corrected chi connectivity index (χ3v) is 1.97. The van der Waals surface area contributed by atoms with E-state index in [2.05, 4.69) is 0 Å². The fourth-order valence-corrected chi connectivity index (χ4v) is 1.08. The van der Waals surface area contributed by atoms with Gasteiger partial charge in [0, 0.05) is 6.07 Å². The predicted octanol–water partition coefficient (Wildman–Crippen LogP) is 2.02. The highest BCUT2D eigenvalue weighted by molar-refractivity contribution is 5.82. The fraction of sp³-hybridized carbons (Fsp3) is 0.222. The number of carbonyl (C=O) groups excluding carboxylic acids is 1. The van der Waals surface area contributed by atoms with Gasteiger partial charge >= 0.3 is 0 Å².